The first-order chi connectivity index (χ1) is 18.7. The summed E-state index contributed by atoms with van der Waals surface area (Å²) in [6.07, 6.45) is 1.68. The highest BCUT2D eigenvalue weighted by Gasteiger charge is 2.42. The van der Waals surface area contributed by atoms with Crippen molar-refractivity contribution in [2.45, 2.75) is 19.0 Å². The van der Waals surface area contributed by atoms with Crippen molar-refractivity contribution in [1.29, 1.82) is 0 Å². The number of nitrogens with zero attached hydrogens (tertiary/aromatic N) is 2. The quantitative estimate of drug-likeness (QED) is 0.239. The van der Waals surface area contributed by atoms with Gasteiger partial charge in [0.2, 0.25) is 5.91 Å². The number of carboxylic acids is 2. The first-order valence-electron chi connectivity index (χ1n) is 11.8. The van der Waals surface area contributed by atoms with E-state index in [0.717, 1.165) is 17.4 Å². The minimum absolute atomic E-state index is 0.168. The van der Waals surface area contributed by atoms with Gasteiger partial charge in [-0.25, -0.2) is 9.59 Å². The largest absolute Gasteiger partial charge is 0.478 e. The maximum Gasteiger partial charge on any atom is 0.335 e. The minimum atomic E-state index is -1.25. The van der Waals surface area contributed by atoms with E-state index in [4.69, 9.17) is 16.6 Å². The molecule has 0 radical (unpaired) electrons. The van der Waals surface area contributed by atoms with Crippen LogP contribution in [0.5, 0.6) is 0 Å². The molecule has 0 unspecified atom stereocenters. The third-order valence-electron chi connectivity index (χ3n) is 6.19. The Morgan fingerprint density at radius 3 is 2.26 bits per heavy atom. The zero-order valence-corrected chi connectivity index (χ0v) is 21.3. The summed E-state index contributed by atoms with van der Waals surface area (Å²) >= 11 is 5.72. The Morgan fingerprint density at radius 1 is 0.974 bits per heavy atom. The number of anilines is 2. The molecule has 0 bridgehead atoms. The fourth-order valence-corrected chi connectivity index (χ4v) is 4.86. The number of benzene rings is 2. The summed E-state index contributed by atoms with van der Waals surface area (Å²) in [5.74, 6) is -1.89. The molecule has 0 saturated carbocycles. The Kier molecular flexibility index (Phi) is 6.82. The predicted octanol–water partition coefficient (Wildman–Crippen LogP) is 4.87. The van der Waals surface area contributed by atoms with Crippen LogP contribution in [-0.4, -0.2) is 38.2 Å². The molecule has 2 atom stereocenters. The van der Waals surface area contributed by atoms with Crippen molar-refractivity contribution in [2.75, 3.05) is 10.2 Å². The molecule has 3 heterocycles. The van der Waals surface area contributed by atoms with Gasteiger partial charge < -0.3 is 30.2 Å². The number of aromatic carboxylic acids is 2. The van der Waals surface area contributed by atoms with E-state index in [9.17, 15) is 24.6 Å². The number of aromatic nitrogens is 1. The molecule has 0 spiro atoms. The van der Waals surface area contributed by atoms with Gasteiger partial charge in [0.15, 0.2) is 5.11 Å². The van der Waals surface area contributed by atoms with E-state index >= 15 is 0 Å². The molecule has 0 aliphatic carbocycles. The Bertz CT molecular complexity index is 1550. The first-order valence-corrected chi connectivity index (χ1v) is 12.2. The number of hydrogen-bond donors (Lipinski definition) is 4. The Morgan fingerprint density at radius 2 is 1.67 bits per heavy atom. The lowest BCUT2D eigenvalue weighted by Crippen LogP contribution is -2.29. The normalized spacial score (nSPS) is 16.5. The number of furan rings is 1. The maximum absolute atomic E-state index is 11.6. The van der Waals surface area contributed by atoms with Gasteiger partial charge in [-0.15, -0.1) is 0 Å². The van der Waals surface area contributed by atoms with Crippen LogP contribution in [0.3, 0.4) is 0 Å². The van der Waals surface area contributed by atoms with Gasteiger partial charge in [0.1, 0.15) is 17.6 Å². The molecule has 196 valence electrons. The smallest absolute Gasteiger partial charge is 0.335 e. The number of hydrogen-bond acceptors (Lipinski definition) is 6. The van der Waals surface area contributed by atoms with Crippen molar-refractivity contribution in [3.8, 4) is 11.3 Å². The van der Waals surface area contributed by atoms with Crippen molar-refractivity contribution in [3.63, 3.8) is 0 Å². The fraction of sp³-hybridized carbons (Fsp3) is 0.107. The molecule has 1 fully saturated rings. The number of carboxylic acid groups (broad SMARTS) is 2. The van der Waals surface area contributed by atoms with E-state index in [0.29, 0.717) is 27.9 Å². The molecule has 1 amide bonds. The second-order valence-electron chi connectivity index (χ2n) is 8.84. The standard InChI is InChI=1S/C28H22N4O6S/c1-15(33)30-19-5-7-20(8-6-19)32-25(24(31-28(32)39)21-4-2-3-11-29-21)23-10-9-22(38-23)16-12-17(26(34)35)14-18(13-16)27(36)37/h2-14,24-25H,1H3,(H,30,33)(H,31,39)(H,34,35)(H,36,37)/t24-,25+/m1/s1. The second kappa shape index (κ2) is 10.4. The van der Waals surface area contributed by atoms with Gasteiger partial charge in [0.25, 0.3) is 0 Å². The monoisotopic (exact) mass is 542 g/mol. The van der Waals surface area contributed by atoms with E-state index in [1.807, 2.05) is 35.2 Å². The number of thiocarbonyl (C=S) groups is 1. The summed E-state index contributed by atoms with van der Waals surface area (Å²) in [5.41, 5.74) is 2.07. The Labute approximate surface area is 227 Å². The van der Waals surface area contributed by atoms with Gasteiger partial charge in [-0.05, 0) is 78.9 Å². The van der Waals surface area contributed by atoms with Crippen LogP contribution in [0.15, 0.2) is 83.4 Å². The molecular weight excluding hydrogens is 520 g/mol. The van der Waals surface area contributed by atoms with E-state index < -0.39 is 24.0 Å². The SMILES string of the molecule is CC(=O)Nc1ccc(N2C(=S)N[C@H](c3ccccn3)[C@@H]2c2ccc(-c3cc(C(=O)O)cc(C(=O)O)c3)o2)cc1. The average Bonchev–Trinajstić information content (AvgIpc) is 3.54. The summed E-state index contributed by atoms with van der Waals surface area (Å²) in [6.45, 7) is 1.43. The van der Waals surface area contributed by atoms with Crippen LogP contribution in [-0.2, 0) is 4.79 Å². The van der Waals surface area contributed by atoms with E-state index in [-0.39, 0.29) is 17.0 Å². The van der Waals surface area contributed by atoms with E-state index in [2.05, 4.69) is 15.6 Å². The molecule has 1 aliphatic heterocycles. The second-order valence-corrected chi connectivity index (χ2v) is 9.22. The highest BCUT2D eigenvalue weighted by atomic mass is 32.1. The van der Waals surface area contributed by atoms with Crippen molar-refractivity contribution in [3.05, 3.63) is 102 Å². The van der Waals surface area contributed by atoms with Gasteiger partial charge >= 0.3 is 11.9 Å². The van der Waals surface area contributed by atoms with Crippen molar-refractivity contribution < 1.29 is 29.0 Å². The zero-order valence-electron chi connectivity index (χ0n) is 20.5. The third kappa shape index (κ3) is 5.20. The minimum Gasteiger partial charge on any atom is -0.478 e. The molecule has 39 heavy (non-hydrogen) atoms. The summed E-state index contributed by atoms with van der Waals surface area (Å²) < 4.78 is 6.24. The predicted molar refractivity (Wildman–Crippen MR) is 147 cm³/mol. The van der Waals surface area contributed by atoms with Crippen LogP contribution in [0, 0.1) is 0 Å². The van der Waals surface area contributed by atoms with Crippen LogP contribution in [0.4, 0.5) is 11.4 Å². The Hall–Kier alpha value is -5.03. The van der Waals surface area contributed by atoms with Crippen LogP contribution in [0.2, 0.25) is 0 Å². The summed E-state index contributed by atoms with van der Waals surface area (Å²) in [4.78, 5) is 41.0. The van der Waals surface area contributed by atoms with Gasteiger partial charge in [0.05, 0.1) is 22.9 Å². The third-order valence-corrected chi connectivity index (χ3v) is 6.51. The van der Waals surface area contributed by atoms with Crippen molar-refractivity contribution in [1.82, 2.24) is 10.3 Å². The molecule has 1 saturated heterocycles. The van der Waals surface area contributed by atoms with Crippen LogP contribution in [0.1, 0.15) is 51.2 Å². The highest BCUT2D eigenvalue weighted by molar-refractivity contribution is 7.80. The number of rotatable bonds is 7. The maximum atomic E-state index is 11.6. The lowest BCUT2D eigenvalue weighted by atomic mass is 10.0. The molecular formula is C28H22N4O6S. The molecule has 11 heteroatoms. The van der Waals surface area contributed by atoms with Crippen LogP contribution in [0.25, 0.3) is 11.3 Å². The topological polar surface area (TPSA) is 145 Å². The number of carbonyl (C=O) groups is 3. The molecule has 2 aromatic heterocycles. The Balaban J connectivity index is 1.58. The molecule has 4 N–H and O–H groups in total. The summed E-state index contributed by atoms with van der Waals surface area (Å²) in [5, 5.41) is 25.4. The lowest BCUT2D eigenvalue weighted by molar-refractivity contribution is -0.114. The fourth-order valence-electron chi connectivity index (χ4n) is 4.51. The van der Waals surface area contributed by atoms with Crippen molar-refractivity contribution in [2.24, 2.45) is 0 Å². The van der Waals surface area contributed by atoms with E-state index in [1.165, 1.54) is 19.1 Å². The van der Waals surface area contributed by atoms with Gasteiger partial charge in [0, 0.05) is 30.1 Å². The number of carbonyl (C=O) groups excluding carboxylic acids is 1. The summed E-state index contributed by atoms with van der Waals surface area (Å²) in [7, 11) is 0. The average molecular weight is 543 g/mol. The molecule has 2 aromatic carbocycles. The number of amides is 1. The van der Waals surface area contributed by atoms with Gasteiger partial charge in [-0.3, -0.25) is 9.78 Å². The van der Waals surface area contributed by atoms with Crippen LogP contribution < -0.4 is 15.5 Å². The number of pyridine rings is 1. The number of nitrogens with one attached hydrogen (secondary N) is 2. The first kappa shape index (κ1) is 25.6. The summed E-state index contributed by atoms with van der Waals surface area (Å²) in [6, 6.07) is 19.1. The molecule has 10 nitrogen and oxygen atoms in total. The van der Waals surface area contributed by atoms with E-state index in [1.54, 1.807) is 30.5 Å². The lowest BCUT2D eigenvalue weighted by Gasteiger charge is -2.26. The molecule has 1 aliphatic rings. The van der Waals surface area contributed by atoms with Gasteiger partial charge in [-0.2, -0.15) is 0 Å². The van der Waals surface area contributed by atoms with Crippen molar-refractivity contribution >= 4 is 46.6 Å². The highest BCUT2D eigenvalue weighted by Crippen LogP contribution is 2.43. The van der Waals surface area contributed by atoms with Crippen LogP contribution >= 0.6 is 12.2 Å². The molecule has 5 rings (SSSR count). The van der Waals surface area contributed by atoms with Gasteiger partial charge in [-0.1, -0.05) is 6.07 Å². The molecule has 4 aromatic rings. The zero-order chi connectivity index (χ0) is 27.7.